The number of ether oxygens (including phenoxy) is 3. The maximum absolute atomic E-state index is 13.4. The fraction of sp³-hybridized carbons (Fsp3) is 0.531. The van der Waals surface area contributed by atoms with Crippen molar-refractivity contribution < 1.29 is 23.8 Å². The van der Waals surface area contributed by atoms with Crippen LogP contribution in [0.2, 0.25) is 0 Å². The minimum Gasteiger partial charge on any atom is -0.493 e. The van der Waals surface area contributed by atoms with Crippen molar-refractivity contribution in [3.05, 3.63) is 52.8 Å². The molecule has 5 rings (SSSR count). The number of benzene rings is 2. The number of nitrogens with one attached hydrogen (secondary N) is 1. The Morgan fingerprint density at radius 1 is 1.07 bits per heavy atom. The van der Waals surface area contributed by atoms with Crippen molar-refractivity contribution in [3.8, 4) is 11.5 Å². The first-order valence-electron chi connectivity index (χ1n) is 14.4. The van der Waals surface area contributed by atoms with Gasteiger partial charge in [-0.2, -0.15) is 0 Å². The third-order valence-electron chi connectivity index (χ3n) is 8.06. The van der Waals surface area contributed by atoms with Crippen LogP contribution in [-0.2, 0) is 16.0 Å². The first kappa shape index (κ1) is 28.0. The van der Waals surface area contributed by atoms with Crippen molar-refractivity contribution in [1.82, 2.24) is 14.9 Å². The van der Waals surface area contributed by atoms with Gasteiger partial charge in [0.15, 0.2) is 11.5 Å². The number of carbonyl (C=O) groups excluding carboxylic acids is 2. The van der Waals surface area contributed by atoms with Gasteiger partial charge >= 0.3 is 6.09 Å². The zero-order valence-electron chi connectivity index (χ0n) is 24.5. The SMILES string of the molecule is COc1ccc([C@H]2CNC(=O)[C@@H](Cc3nc4cc(C)c(C)cc4n3C(=O)OC(C)(C)C)C2)cc1OC1CCCC1. The molecule has 1 saturated carbocycles. The molecule has 1 aliphatic carbocycles. The minimum absolute atomic E-state index is 0.0256. The highest BCUT2D eigenvalue weighted by Crippen LogP contribution is 2.37. The van der Waals surface area contributed by atoms with Gasteiger partial charge in [0.05, 0.1) is 24.2 Å². The number of fused-ring (bicyclic) bond motifs is 1. The number of imidazole rings is 1. The Bertz CT molecular complexity index is 1410. The molecule has 0 bridgehead atoms. The quantitative estimate of drug-likeness (QED) is 0.393. The lowest BCUT2D eigenvalue weighted by Gasteiger charge is -2.30. The van der Waals surface area contributed by atoms with Crippen molar-refractivity contribution in [2.75, 3.05) is 13.7 Å². The van der Waals surface area contributed by atoms with Crippen LogP contribution in [0.15, 0.2) is 30.3 Å². The molecule has 1 saturated heterocycles. The van der Waals surface area contributed by atoms with E-state index in [1.807, 2.05) is 52.8 Å². The molecule has 8 nitrogen and oxygen atoms in total. The molecular formula is C32H41N3O5. The van der Waals surface area contributed by atoms with E-state index in [-0.39, 0.29) is 23.8 Å². The number of piperidine rings is 1. The number of amides is 1. The fourth-order valence-electron chi connectivity index (χ4n) is 5.81. The molecule has 2 aromatic carbocycles. The van der Waals surface area contributed by atoms with Crippen LogP contribution in [-0.4, -0.2) is 46.9 Å². The lowest BCUT2D eigenvalue weighted by Crippen LogP contribution is -2.42. The molecule has 2 fully saturated rings. The molecule has 1 N–H and O–H groups in total. The first-order valence-corrected chi connectivity index (χ1v) is 14.4. The minimum atomic E-state index is -0.662. The summed E-state index contributed by atoms with van der Waals surface area (Å²) in [6.45, 7) is 10.1. The number of hydrogen-bond donors (Lipinski definition) is 1. The molecule has 0 radical (unpaired) electrons. The third kappa shape index (κ3) is 5.96. The number of nitrogens with zero attached hydrogens (tertiary/aromatic N) is 2. The highest BCUT2D eigenvalue weighted by atomic mass is 16.6. The summed E-state index contributed by atoms with van der Waals surface area (Å²) in [5.74, 6) is 1.75. The molecule has 2 aliphatic rings. The van der Waals surface area contributed by atoms with Gasteiger partial charge in [-0.3, -0.25) is 4.79 Å². The summed E-state index contributed by atoms with van der Waals surface area (Å²) in [7, 11) is 1.66. The highest BCUT2D eigenvalue weighted by Gasteiger charge is 2.33. The number of carbonyl (C=O) groups is 2. The average molecular weight is 548 g/mol. The molecule has 2 heterocycles. The van der Waals surface area contributed by atoms with Gasteiger partial charge in [-0.15, -0.1) is 0 Å². The van der Waals surface area contributed by atoms with E-state index >= 15 is 0 Å². The zero-order valence-corrected chi connectivity index (χ0v) is 24.5. The summed E-state index contributed by atoms with van der Waals surface area (Å²) in [5, 5.41) is 3.10. The topological polar surface area (TPSA) is 91.7 Å². The maximum atomic E-state index is 13.4. The van der Waals surface area contributed by atoms with Crippen LogP contribution in [0.3, 0.4) is 0 Å². The average Bonchev–Trinajstić information content (AvgIpc) is 3.52. The van der Waals surface area contributed by atoms with Crippen LogP contribution < -0.4 is 14.8 Å². The van der Waals surface area contributed by atoms with Gasteiger partial charge in [-0.1, -0.05) is 6.07 Å². The number of methoxy groups -OCH3 is 1. The van der Waals surface area contributed by atoms with Gasteiger partial charge in [0, 0.05) is 24.8 Å². The van der Waals surface area contributed by atoms with E-state index in [2.05, 4.69) is 17.4 Å². The van der Waals surface area contributed by atoms with E-state index < -0.39 is 11.7 Å². The summed E-state index contributed by atoms with van der Waals surface area (Å²) < 4.78 is 19.2. The molecule has 1 amide bonds. The van der Waals surface area contributed by atoms with Gasteiger partial charge in [0.2, 0.25) is 5.91 Å². The van der Waals surface area contributed by atoms with Crippen LogP contribution in [0, 0.1) is 19.8 Å². The molecule has 1 aromatic heterocycles. The Balaban J connectivity index is 1.43. The van der Waals surface area contributed by atoms with E-state index in [4.69, 9.17) is 19.2 Å². The molecule has 2 atom stereocenters. The standard InChI is InChI=1S/C32H41N3O5/c1-19-13-25-26(14-20(19)2)35(31(37)40-32(3,4)5)29(34-25)17-22-15-23(18-33-30(22)36)21-11-12-27(38-6)28(16-21)39-24-9-7-8-10-24/h11-14,16,22-24H,7-10,15,17-18H2,1-6H3,(H,33,36)/t22-,23-/m1/s1. The van der Waals surface area contributed by atoms with Gasteiger partial charge in [0.1, 0.15) is 11.4 Å². The van der Waals surface area contributed by atoms with Crippen LogP contribution >= 0.6 is 0 Å². The Kier molecular flexibility index (Phi) is 7.80. The second-order valence-corrected chi connectivity index (χ2v) is 12.3. The zero-order chi connectivity index (χ0) is 28.6. The van der Waals surface area contributed by atoms with Crippen molar-refractivity contribution in [2.45, 2.75) is 90.8 Å². The summed E-state index contributed by atoms with van der Waals surface area (Å²) in [5.41, 5.74) is 4.02. The van der Waals surface area contributed by atoms with Crippen molar-refractivity contribution in [3.63, 3.8) is 0 Å². The predicted molar refractivity (Wildman–Crippen MR) is 154 cm³/mol. The number of aryl methyl sites for hydroxylation is 2. The van der Waals surface area contributed by atoms with Crippen LogP contribution in [0.1, 0.15) is 81.3 Å². The molecule has 214 valence electrons. The fourth-order valence-corrected chi connectivity index (χ4v) is 5.81. The van der Waals surface area contributed by atoms with Crippen LogP contribution in [0.4, 0.5) is 4.79 Å². The van der Waals surface area contributed by atoms with E-state index in [1.165, 1.54) is 12.8 Å². The Morgan fingerprint density at radius 2 is 1.80 bits per heavy atom. The lowest BCUT2D eigenvalue weighted by atomic mass is 9.83. The number of hydrogen-bond acceptors (Lipinski definition) is 6. The van der Waals surface area contributed by atoms with Crippen molar-refractivity contribution in [1.29, 1.82) is 0 Å². The maximum Gasteiger partial charge on any atom is 0.420 e. The molecule has 1 aliphatic heterocycles. The van der Waals surface area contributed by atoms with Crippen molar-refractivity contribution >= 4 is 23.0 Å². The summed E-state index contributed by atoms with van der Waals surface area (Å²) in [4.78, 5) is 31.3. The smallest absolute Gasteiger partial charge is 0.420 e. The number of aromatic nitrogens is 2. The van der Waals surface area contributed by atoms with Gasteiger partial charge < -0.3 is 19.5 Å². The van der Waals surface area contributed by atoms with Crippen molar-refractivity contribution in [2.24, 2.45) is 5.92 Å². The number of rotatable bonds is 6. The van der Waals surface area contributed by atoms with Gasteiger partial charge in [-0.05, 0) is 108 Å². The van der Waals surface area contributed by atoms with E-state index in [9.17, 15) is 9.59 Å². The van der Waals surface area contributed by atoms with E-state index in [0.717, 1.165) is 46.5 Å². The van der Waals surface area contributed by atoms with E-state index in [0.29, 0.717) is 30.7 Å². The normalized spacial score (nSPS) is 20.0. The molecule has 8 heteroatoms. The van der Waals surface area contributed by atoms with Crippen LogP contribution in [0.25, 0.3) is 11.0 Å². The molecule has 40 heavy (non-hydrogen) atoms. The lowest BCUT2D eigenvalue weighted by molar-refractivity contribution is -0.127. The molecular weight excluding hydrogens is 506 g/mol. The summed E-state index contributed by atoms with van der Waals surface area (Å²) >= 11 is 0. The Hall–Kier alpha value is -3.55. The first-order chi connectivity index (χ1) is 19.0. The Morgan fingerprint density at radius 3 is 2.50 bits per heavy atom. The largest absolute Gasteiger partial charge is 0.493 e. The predicted octanol–water partition coefficient (Wildman–Crippen LogP) is 6.23. The molecule has 0 spiro atoms. The van der Waals surface area contributed by atoms with Gasteiger partial charge in [0.25, 0.3) is 0 Å². The summed E-state index contributed by atoms with van der Waals surface area (Å²) in [6, 6.07) is 10.0. The van der Waals surface area contributed by atoms with Crippen LogP contribution in [0.5, 0.6) is 11.5 Å². The second-order valence-electron chi connectivity index (χ2n) is 12.3. The summed E-state index contributed by atoms with van der Waals surface area (Å²) in [6.07, 6.45) is 5.21. The monoisotopic (exact) mass is 547 g/mol. The Labute approximate surface area is 236 Å². The molecule has 0 unspecified atom stereocenters. The van der Waals surface area contributed by atoms with E-state index in [1.54, 1.807) is 11.7 Å². The van der Waals surface area contributed by atoms with Gasteiger partial charge in [-0.25, -0.2) is 14.3 Å². The third-order valence-corrected chi connectivity index (χ3v) is 8.06. The highest BCUT2D eigenvalue weighted by molar-refractivity contribution is 5.89. The second kappa shape index (κ2) is 11.1. The molecule has 3 aromatic rings.